The van der Waals surface area contributed by atoms with Gasteiger partial charge in [-0.3, -0.25) is 4.98 Å². The molecular formula is C15H20N2O2S. The third kappa shape index (κ3) is 3.49. The van der Waals surface area contributed by atoms with Crippen molar-refractivity contribution >= 4 is 11.3 Å². The standard InChI is InChI=1S/C15H20N2O2S/c1-4-5-17-15(14-9-16-10-20-14)11-6-12(18-2)8-13(7-11)19-3/h6-10,15,17H,4-5H2,1-3H3. The fourth-order valence-corrected chi connectivity index (χ4v) is 2.76. The molecule has 0 saturated carbocycles. The summed E-state index contributed by atoms with van der Waals surface area (Å²) >= 11 is 1.65. The van der Waals surface area contributed by atoms with Crippen LogP contribution in [0.15, 0.2) is 29.9 Å². The lowest BCUT2D eigenvalue weighted by atomic mass is 10.0. The van der Waals surface area contributed by atoms with Gasteiger partial charge < -0.3 is 14.8 Å². The zero-order valence-corrected chi connectivity index (χ0v) is 12.9. The smallest absolute Gasteiger partial charge is 0.122 e. The van der Waals surface area contributed by atoms with Crippen molar-refractivity contribution in [2.75, 3.05) is 20.8 Å². The summed E-state index contributed by atoms with van der Waals surface area (Å²) in [5.74, 6) is 1.60. The minimum atomic E-state index is 0.117. The zero-order chi connectivity index (χ0) is 14.4. The van der Waals surface area contributed by atoms with Crippen molar-refractivity contribution in [2.24, 2.45) is 0 Å². The molecule has 1 unspecified atom stereocenters. The molecule has 0 bridgehead atoms. The van der Waals surface area contributed by atoms with E-state index in [1.807, 2.05) is 29.9 Å². The lowest BCUT2D eigenvalue weighted by Gasteiger charge is -2.19. The van der Waals surface area contributed by atoms with E-state index in [1.165, 1.54) is 4.88 Å². The molecule has 0 aliphatic rings. The second kappa shape index (κ2) is 7.26. The maximum atomic E-state index is 5.35. The lowest BCUT2D eigenvalue weighted by molar-refractivity contribution is 0.392. The van der Waals surface area contributed by atoms with Gasteiger partial charge in [0.1, 0.15) is 11.5 Å². The lowest BCUT2D eigenvalue weighted by Crippen LogP contribution is -2.22. The molecule has 1 N–H and O–H groups in total. The van der Waals surface area contributed by atoms with Crippen LogP contribution in [-0.4, -0.2) is 25.7 Å². The van der Waals surface area contributed by atoms with Gasteiger partial charge in [-0.05, 0) is 30.7 Å². The first-order valence-corrected chi connectivity index (χ1v) is 7.51. The van der Waals surface area contributed by atoms with E-state index in [4.69, 9.17) is 9.47 Å². The van der Waals surface area contributed by atoms with Crippen molar-refractivity contribution < 1.29 is 9.47 Å². The van der Waals surface area contributed by atoms with Gasteiger partial charge >= 0.3 is 0 Å². The number of nitrogens with one attached hydrogen (secondary N) is 1. The van der Waals surface area contributed by atoms with Crippen molar-refractivity contribution in [2.45, 2.75) is 19.4 Å². The van der Waals surface area contributed by atoms with E-state index >= 15 is 0 Å². The number of benzene rings is 1. The van der Waals surface area contributed by atoms with E-state index in [0.717, 1.165) is 30.0 Å². The monoisotopic (exact) mass is 292 g/mol. The summed E-state index contributed by atoms with van der Waals surface area (Å²) < 4.78 is 10.7. The molecule has 0 radical (unpaired) electrons. The fraction of sp³-hybridized carbons (Fsp3) is 0.400. The molecule has 1 heterocycles. The Morgan fingerprint density at radius 3 is 2.40 bits per heavy atom. The quantitative estimate of drug-likeness (QED) is 0.850. The van der Waals surface area contributed by atoms with E-state index in [1.54, 1.807) is 25.6 Å². The second-order valence-electron chi connectivity index (χ2n) is 4.44. The average Bonchev–Trinajstić information content (AvgIpc) is 3.01. The van der Waals surface area contributed by atoms with Crippen LogP contribution in [0.3, 0.4) is 0 Å². The van der Waals surface area contributed by atoms with Gasteiger partial charge in [-0.1, -0.05) is 6.92 Å². The van der Waals surface area contributed by atoms with Crippen molar-refractivity contribution in [1.29, 1.82) is 0 Å². The predicted octanol–water partition coefficient (Wildman–Crippen LogP) is 3.25. The Morgan fingerprint density at radius 1 is 1.20 bits per heavy atom. The Morgan fingerprint density at radius 2 is 1.90 bits per heavy atom. The van der Waals surface area contributed by atoms with E-state index in [-0.39, 0.29) is 6.04 Å². The first-order chi connectivity index (χ1) is 9.78. The number of aromatic nitrogens is 1. The maximum Gasteiger partial charge on any atom is 0.122 e. The van der Waals surface area contributed by atoms with Gasteiger partial charge in [-0.2, -0.15) is 0 Å². The van der Waals surface area contributed by atoms with E-state index < -0.39 is 0 Å². The molecule has 0 aliphatic carbocycles. The molecule has 0 aliphatic heterocycles. The normalized spacial score (nSPS) is 12.2. The second-order valence-corrected chi connectivity index (χ2v) is 5.35. The maximum absolute atomic E-state index is 5.35. The Balaban J connectivity index is 2.37. The molecule has 4 nitrogen and oxygen atoms in total. The van der Waals surface area contributed by atoms with Crippen LogP contribution in [-0.2, 0) is 0 Å². The van der Waals surface area contributed by atoms with Gasteiger partial charge in [0.15, 0.2) is 0 Å². The summed E-state index contributed by atoms with van der Waals surface area (Å²) in [6.45, 7) is 3.10. The molecule has 0 amide bonds. The first kappa shape index (κ1) is 14.8. The Bertz CT molecular complexity index is 506. The van der Waals surface area contributed by atoms with Gasteiger partial charge in [0.25, 0.3) is 0 Å². The highest BCUT2D eigenvalue weighted by Crippen LogP contribution is 2.31. The third-order valence-corrected chi connectivity index (χ3v) is 3.88. The van der Waals surface area contributed by atoms with Crippen molar-refractivity contribution in [3.8, 4) is 11.5 Å². The van der Waals surface area contributed by atoms with Crippen molar-refractivity contribution in [1.82, 2.24) is 10.3 Å². The molecule has 5 heteroatoms. The van der Waals surface area contributed by atoms with E-state index in [0.29, 0.717) is 0 Å². The molecule has 1 aromatic heterocycles. The molecule has 1 aromatic carbocycles. The Labute approximate surface area is 123 Å². The average molecular weight is 292 g/mol. The molecule has 0 spiro atoms. The molecular weight excluding hydrogens is 272 g/mol. The molecule has 20 heavy (non-hydrogen) atoms. The number of hydrogen-bond donors (Lipinski definition) is 1. The van der Waals surface area contributed by atoms with Crippen LogP contribution >= 0.6 is 11.3 Å². The fourth-order valence-electron chi connectivity index (χ4n) is 2.04. The van der Waals surface area contributed by atoms with Crippen LogP contribution in [0.4, 0.5) is 0 Å². The summed E-state index contributed by atoms with van der Waals surface area (Å²) in [6.07, 6.45) is 2.99. The van der Waals surface area contributed by atoms with Gasteiger partial charge in [-0.15, -0.1) is 11.3 Å². The van der Waals surface area contributed by atoms with Crippen LogP contribution in [0, 0.1) is 0 Å². The van der Waals surface area contributed by atoms with Crippen molar-refractivity contribution in [3.63, 3.8) is 0 Å². The molecule has 0 saturated heterocycles. The van der Waals surface area contributed by atoms with Crippen molar-refractivity contribution in [3.05, 3.63) is 40.3 Å². The van der Waals surface area contributed by atoms with Gasteiger partial charge in [0.05, 0.1) is 25.8 Å². The Kier molecular flexibility index (Phi) is 5.38. The van der Waals surface area contributed by atoms with Crippen LogP contribution in [0.1, 0.15) is 29.8 Å². The van der Waals surface area contributed by atoms with E-state index in [9.17, 15) is 0 Å². The molecule has 0 fully saturated rings. The number of methoxy groups -OCH3 is 2. The minimum absolute atomic E-state index is 0.117. The third-order valence-electron chi connectivity index (χ3n) is 3.04. The minimum Gasteiger partial charge on any atom is -0.497 e. The highest BCUT2D eigenvalue weighted by atomic mass is 32.1. The van der Waals surface area contributed by atoms with E-state index in [2.05, 4.69) is 17.2 Å². The number of rotatable bonds is 7. The molecule has 1 atom stereocenters. The molecule has 2 rings (SSSR count). The summed E-state index contributed by atoms with van der Waals surface area (Å²) in [6, 6.07) is 6.07. The first-order valence-electron chi connectivity index (χ1n) is 6.63. The number of nitrogens with zero attached hydrogens (tertiary/aromatic N) is 1. The largest absolute Gasteiger partial charge is 0.497 e. The summed E-state index contributed by atoms with van der Waals surface area (Å²) in [7, 11) is 3.33. The zero-order valence-electron chi connectivity index (χ0n) is 12.1. The van der Waals surface area contributed by atoms with Crippen LogP contribution in [0.5, 0.6) is 11.5 Å². The Hall–Kier alpha value is -1.59. The van der Waals surface area contributed by atoms with Gasteiger partial charge in [0.2, 0.25) is 0 Å². The summed E-state index contributed by atoms with van der Waals surface area (Å²) in [5, 5.41) is 3.55. The highest BCUT2D eigenvalue weighted by Gasteiger charge is 2.17. The van der Waals surface area contributed by atoms with Crippen LogP contribution in [0.2, 0.25) is 0 Å². The number of ether oxygens (including phenoxy) is 2. The predicted molar refractivity (Wildman–Crippen MR) is 81.8 cm³/mol. The van der Waals surface area contributed by atoms with Crippen LogP contribution in [0.25, 0.3) is 0 Å². The topological polar surface area (TPSA) is 43.4 Å². The SMILES string of the molecule is CCCNC(c1cc(OC)cc(OC)c1)c1cncs1. The molecule has 108 valence electrons. The number of thiazole rings is 1. The summed E-state index contributed by atoms with van der Waals surface area (Å²) in [5.41, 5.74) is 2.98. The van der Waals surface area contributed by atoms with Gasteiger partial charge in [0, 0.05) is 17.1 Å². The summed E-state index contributed by atoms with van der Waals surface area (Å²) in [4.78, 5) is 5.37. The molecule has 2 aromatic rings. The highest BCUT2D eigenvalue weighted by molar-refractivity contribution is 7.09. The van der Waals surface area contributed by atoms with Gasteiger partial charge in [-0.25, -0.2) is 0 Å². The van der Waals surface area contributed by atoms with Crippen LogP contribution < -0.4 is 14.8 Å². The number of hydrogen-bond acceptors (Lipinski definition) is 5.